The van der Waals surface area contributed by atoms with Crippen molar-refractivity contribution in [2.45, 2.75) is 66.5 Å². The molecule has 6 heteroatoms. The molecule has 3 aromatic heterocycles. The molecule has 32 heavy (non-hydrogen) atoms. The van der Waals surface area contributed by atoms with E-state index >= 15 is 0 Å². The Balaban J connectivity index is 1.68. The lowest BCUT2D eigenvalue weighted by atomic mass is 9.93. The predicted octanol–water partition coefficient (Wildman–Crippen LogP) is 5.91. The van der Waals surface area contributed by atoms with Crippen molar-refractivity contribution in [1.29, 1.82) is 0 Å². The Kier molecular flexibility index (Phi) is 6.15. The molecule has 2 N–H and O–H groups in total. The van der Waals surface area contributed by atoms with Crippen LogP contribution >= 0.6 is 0 Å². The average Bonchev–Trinajstić information content (AvgIpc) is 3.41. The van der Waals surface area contributed by atoms with Gasteiger partial charge in [-0.3, -0.25) is 5.10 Å². The van der Waals surface area contributed by atoms with E-state index in [1.54, 1.807) is 6.33 Å². The molecule has 3 heterocycles. The third kappa shape index (κ3) is 4.19. The Labute approximate surface area is 190 Å². The van der Waals surface area contributed by atoms with Gasteiger partial charge in [0, 0.05) is 35.0 Å². The highest BCUT2D eigenvalue weighted by atomic mass is 15.3. The van der Waals surface area contributed by atoms with Crippen LogP contribution < -0.4 is 5.32 Å². The second-order valence-corrected chi connectivity index (χ2v) is 9.50. The molecule has 6 nitrogen and oxygen atoms in total. The molecular formula is C26H34N6. The standard InChI is InChI=1S/C26H34N6/c1-15(2)18(6)29-19(7)20-8-10-21(11-9-20)24-23(16(3)4)25(31-30-24)22-12-17(5)26-27-14-28-32(26)13-22/h8-16,18-19,29H,1-7H3,(H,30,31). The SMILES string of the molecule is Cc1cc(-c2[nH]nc(-c3ccc(C(C)NC(C)C(C)C)cc3)c2C(C)C)cn2ncnc12. The van der Waals surface area contributed by atoms with Crippen molar-refractivity contribution in [2.24, 2.45) is 5.92 Å². The number of aromatic nitrogens is 5. The first kappa shape index (κ1) is 22.2. The van der Waals surface area contributed by atoms with Crippen molar-refractivity contribution in [3.63, 3.8) is 0 Å². The van der Waals surface area contributed by atoms with Gasteiger partial charge in [-0.05, 0) is 49.8 Å². The van der Waals surface area contributed by atoms with Gasteiger partial charge in [0.2, 0.25) is 0 Å². The molecule has 0 spiro atoms. The van der Waals surface area contributed by atoms with E-state index in [1.807, 2.05) is 10.7 Å². The van der Waals surface area contributed by atoms with Crippen molar-refractivity contribution in [3.05, 3.63) is 59.5 Å². The number of rotatable bonds is 7. The van der Waals surface area contributed by atoms with Gasteiger partial charge in [-0.15, -0.1) is 0 Å². The van der Waals surface area contributed by atoms with Crippen LogP contribution in [-0.4, -0.2) is 30.8 Å². The van der Waals surface area contributed by atoms with Gasteiger partial charge in [-0.1, -0.05) is 52.0 Å². The van der Waals surface area contributed by atoms with E-state index in [0.29, 0.717) is 23.9 Å². The van der Waals surface area contributed by atoms with Crippen molar-refractivity contribution in [2.75, 3.05) is 0 Å². The van der Waals surface area contributed by atoms with E-state index in [-0.39, 0.29) is 0 Å². The number of nitrogens with one attached hydrogen (secondary N) is 2. The summed E-state index contributed by atoms with van der Waals surface area (Å²) < 4.78 is 1.83. The second-order valence-electron chi connectivity index (χ2n) is 9.50. The zero-order valence-corrected chi connectivity index (χ0v) is 20.1. The zero-order chi connectivity index (χ0) is 23.0. The molecule has 0 bridgehead atoms. The molecule has 0 saturated carbocycles. The van der Waals surface area contributed by atoms with Crippen LogP contribution in [0.2, 0.25) is 0 Å². The van der Waals surface area contributed by atoms with E-state index in [9.17, 15) is 0 Å². The summed E-state index contributed by atoms with van der Waals surface area (Å²) in [5, 5.41) is 16.1. The highest BCUT2D eigenvalue weighted by molar-refractivity contribution is 5.75. The van der Waals surface area contributed by atoms with Crippen LogP contribution in [0.5, 0.6) is 0 Å². The van der Waals surface area contributed by atoms with Gasteiger partial charge in [0.05, 0.1) is 11.4 Å². The molecule has 2 unspecified atom stereocenters. The summed E-state index contributed by atoms with van der Waals surface area (Å²) >= 11 is 0. The first-order valence-electron chi connectivity index (χ1n) is 11.5. The molecule has 2 atom stereocenters. The lowest BCUT2D eigenvalue weighted by Crippen LogP contribution is -2.32. The fourth-order valence-electron chi connectivity index (χ4n) is 4.20. The van der Waals surface area contributed by atoms with Crippen LogP contribution in [0.1, 0.15) is 70.2 Å². The summed E-state index contributed by atoms with van der Waals surface area (Å²) in [6.07, 6.45) is 3.61. The van der Waals surface area contributed by atoms with E-state index in [0.717, 1.165) is 33.7 Å². The topological polar surface area (TPSA) is 70.9 Å². The molecule has 0 aliphatic heterocycles. The number of hydrogen-bond donors (Lipinski definition) is 2. The number of fused-ring (bicyclic) bond motifs is 1. The normalized spacial score (nSPS) is 13.9. The number of aryl methyl sites for hydroxylation is 1. The second kappa shape index (κ2) is 8.87. The summed E-state index contributed by atoms with van der Waals surface area (Å²) in [5.74, 6) is 0.922. The van der Waals surface area contributed by atoms with Crippen molar-refractivity contribution in [3.8, 4) is 22.5 Å². The van der Waals surface area contributed by atoms with Crippen molar-refractivity contribution < 1.29 is 0 Å². The Morgan fingerprint density at radius 3 is 2.34 bits per heavy atom. The van der Waals surface area contributed by atoms with Gasteiger partial charge in [0.1, 0.15) is 6.33 Å². The van der Waals surface area contributed by atoms with Crippen LogP contribution in [0, 0.1) is 12.8 Å². The van der Waals surface area contributed by atoms with Gasteiger partial charge in [-0.2, -0.15) is 10.2 Å². The number of pyridine rings is 1. The summed E-state index contributed by atoms with van der Waals surface area (Å²) in [6.45, 7) is 15.5. The monoisotopic (exact) mass is 430 g/mol. The average molecular weight is 431 g/mol. The third-order valence-electron chi connectivity index (χ3n) is 6.43. The minimum absolute atomic E-state index is 0.304. The first-order chi connectivity index (χ1) is 15.3. The van der Waals surface area contributed by atoms with Crippen LogP contribution in [0.15, 0.2) is 42.9 Å². The Morgan fingerprint density at radius 2 is 1.69 bits per heavy atom. The number of benzene rings is 1. The van der Waals surface area contributed by atoms with Crippen molar-refractivity contribution >= 4 is 5.65 Å². The van der Waals surface area contributed by atoms with E-state index in [4.69, 9.17) is 5.10 Å². The molecule has 0 saturated heterocycles. The summed E-state index contributed by atoms with van der Waals surface area (Å²) in [5.41, 5.74) is 8.72. The Bertz CT molecular complexity index is 1200. The van der Waals surface area contributed by atoms with Gasteiger partial charge < -0.3 is 5.32 Å². The zero-order valence-electron chi connectivity index (χ0n) is 20.1. The van der Waals surface area contributed by atoms with E-state index in [1.165, 1.54) is 11.1 Å². The molecule has 0 aliphatic carbocycles. The highest BCUT2D eigenvalue weighted by Crippen LogP contribution is 2.36. The van der Waals surface area contributed by atoms with E-state index < -0.39 is 0 Å². The molecule has 4 rings (SSSR count). The largest absolute Gasteiger partial charge is 0.307 e. The number of nitrogens with zero attached hydrogens (tertiary/aromatic N) is 4. The lowest BCUT2D eigenvalue weighted by molar-refractivity contribution is 0.389. The molecule has 168 valence electrons. The lowest BCUT2D eigenvalue weighted by Gasteiger charge is -2.23. The Hall–Kier alpha value is -2.99. The summed E-state index contributed by atoms with van der Waals surface area (Å²) in [7, 11) is 0. The summed E-state index contributed by atoms with van der Waals surface area (Å²) in [4.78, 5) is 4.33. The van der Waals surface area contributed by atoms with Crippen LogP contribution in [0.3, 0.4) is 0 Å². The summed E-state index contributed by atoms with van der Waals surface area (Å²) in [6, 6.07) is 11.7. The maximum atomic E-state index is 4.74. The third-order valence-corrected chi connectivity index (χ3v) is 6.43. The molecule has 0 amide bonds. The molecule has 4 aromatic rings. The minimum atomic E-state index is 0.304. The predicted molar refractivity (Wildman–Crippen MR) is 131 cm³/mol. The first-order valence-corrected chi connectivity index (χ1v) is 11.5. The fraction of sp³-hybridized carbons (Fsp3) is 0.423. The highest BCUT2D eigenvalue weighted by Gasteiger charge is 2.20. The van der Waals surface area contributed by atoms with Gasteiger partial charge in [-0.25, -0.2) is 9.50 Å². The van der Waals surface area contributed by atoms with Crippen molar-refractivity contribution in [1.82, 2.24) is 30.1 Å². The quantitative estimate of drug-likeness (QED) is 0.382. The number of H-pyrrole nitrogens is 1. The fourth-order valence-corrected chi connectivity index (χ4v) is 4.20. The minimum Gasteiger partial charge on any atom is -0.307 e. The maximum Gasteiger partial charge on any atom is 0.158 e. The maximum absolute atomic E-state index is 4.74. The van der Waals surface area contributed by atoms with Crippen LogP contribution in [0.4, 0.5) is 0 Å². The smallest absolute Gasteiger partial charge is 0.158 e. The molecular weight excluding hydrogens is 396 g/mol. The van der Waals surface area contributed by atoms with Crippen LogP contribution in [-0.2, 0) is 0 Å². The van der Waals surface area contributed by atoms with Crippen LogP contribution in [0.25, 0.3) is 28.2 Å². The molecule has 1 aromatic carbocycles. The van der Waals surface area contributed by atoms with Gasteiger partial charge >= 0.3 is 0 Å². The number of hydrogen-bond acceptors (Lipinski definition) is 4. The van der Waals surface area contributed by atoms with E-state index in [2.05, 4.69) is 99.3 Å². The number of aromatic amines is 1. The molecule has 0 radical (unpaired) electrons. The van der Waals surface area contributed by atoms with Gasteiger partial charge in [0.15, 0.2) is 5.65 Å². The Morgan fingerprint density at radius 1 is 0.969 bits per heavy atom. The molecule has 0 fully saturated rings. The molecule has 0 aliphatic rings. The van der Waals surface area contributed by atoms with Gasteiger partial charge in [0.25, 0.3) is 0 Å².